The number of rotatable bonds is 7. The summed E-state index contributed by atoms with van der Waals surface area (Å²) in [5, 5.41) is 10.9. The van der Waals surface area contributed by atoms with Crippen LogP contribution in [0.15, 0.2) is 64.9 Å². The van der Waals surface area contributed by atoms with E-state index in [9.17, 15) is 23.1 Å². The molecule has 0 aliphatic rings. The summed E-state index contributed by atoms with van der Waals surface area (Å²) in [5.74, 6) is -1.48. The van der Waals surface area contributed by atoms with Crippen LogP contribution in [0.1, 0.15) is 47.2 Å². The van der Waals surface area contributed by atoms with Crippen LogP contribution in [0.4, 0.5) is 5.69 Å². The molecule has 0 spiro atoms. The number of carbonyl (C=O) groups excluding carboxylic acids is 1. The van der Waals surface area contributed by atoms with Gasteiger partial charge in [-0.3, -0.25) is 9.52 Å². The first-order valence-corrected chi connectivity index (χ1v) is 14.6. The minimum atomic E-state index is -3.50. The van der Waals surface area contributed by atoms with E-state index in [-0.39, 0.29) is 28.1 Å². The first-order valence-electron chi connectivity index (χ1n) is 11.9. The number of hydrogen-bond donors (Lipinski definition) is 3. The molecule has 1 amide bonds. The first-order chi connectivity index (χ1) is 18.6. The summed E-state index contributed by atoms with van der Waals surface area (Å²) in [6, 6.07) is 12.6. The van der Waals surface area contributed by atoms with Gasteiger partial charge >= 0.3 is 5.97 Å². The summed E-state index contributed by atoms with van der Waals surface area (Å²) in [7, 11) is -0.384. The Balaban J connectivity index is 0.000000220. The van der Waals surface area contributed by atoms with Gasteiger partial charge in [0.05, 0.1) is 30.1 Å². The Morgan fingerprint density at radius 3 is 2.38 bits per heavy atom. The minimum absolute atomic E-state index is 0.121. The van der Waals surface area contributed by atoms with E-state index in [0.717, 1.165) is 32.6 Å². The topological polar surface area (TPSA) is 166 Å². The van der Waals surface area contributed by atoms with E-state index in [1.165, 1.54) is 25.2 Å². The summed E-state index contributed by atoms with van der Waals surface area (Å²) in [6.45, 7) is 5.84. The van der Waals surface area contributed by atoms with Crippen molar-refractivity contribution in [1.29, 1.82) is 0 Å². The molecule has 0 fully saturated rings. The fraction of sp³-hybridized carbons (Fsp3) is 0.259. The number of carbonyl (C=O) groups is 2. The molecule has 0 radical (unpaired) electrons. The summed E-state index contributed by atoms with van der Waals surface area (Å²) in [4.78, 5) is 31.8. The van der Waals surface area contributed by atoms with Crippen molar-refractivity contribution >= 4 is 50.3 Å². The Hall–Kier alpha value is -4.10. The minimum Gasteiger partial charge on any atom is -0.494 e. The zero-order chi connectivity index (χ0) is 29.8. The Kier molecular flexibility index (Phi) is 9.10. The van der Waals surface area contributed by atoms with Gasteiger partial charge in [0, 0.05) is 23.5 Å². The number of nitrogens with zero attached hydrogens (tertiary/aromatic N) is 3. The molecule has 2 aromatic carbocycles. The van der Waals surface area contributed by atoms with Gasteiger partial charge in [-0.1, -0.05) is 44.7 Å². The zero-order valence-corrected chi connectivity index (χ0v) is 24.6. The smallest absolute Gasteiger partial charge is 0.352 e. The molecular weight excluding hydrogens is 554 g/mol. The molecule has 0 bridgehead atoms. The van der Waals surface area contributed by atoms with E-state index in [4.69, 9.17) is 10.5 Å². The summed E-state index contributed by atoms with van der Waals surface area (Å²) in [6.07, 6.45) is 4.21. The lowest BCUT2D eigenvalue weighted by atomic mass is 9.85. The summed E-state index contributed by atoms with van der Waals surface area (Å²) >= 11 is 1.49. The molecule has 4 aromatic rings. The van der Waals surface area contributed by atoms with Gasteiger partial charge in [0.2, 0.25) is 10.0 Å². The van der Waals surface area contributed by atoms with E-state index in [0.29, 0.717) is 0 Å². The number of para-hydroxylation sites is 1. The van der Waals surface area contributed by atoms with Gasteiger partial charge in [-0.05, 0) is 41.3 Å². The van der Waals surface area contributed by atoms with Crippen LogP contribution in [-0.4, -0.2) is 53.3 Å². The van der Waals surface area contributed by atoms with E-state index >= 15 is 0 Å². The number of aryl methyl sites for hydroxylation is 1. The molecule has 212 valence electrons. The maximum absolute atomic E-state index is 11.5. The van der Waals surface area contributed by atoms with Crippen LogP contribution in [0, 0.1) is 0 Å². The molecule has 11 nitrogen and oxygen atoms in total. The van der Waals surface area contributed by atoms with Crippen molar-refractivity contribution in [3.8, 4) is 5.75 Å². The SMILES string of the molecule is COc1c(NS(C)(=O)=O)cc(C(C)(C)C)cc1C(N)=O.Cn1c(C(=O)O)cc2cccc(Sc3ccncn3)c21. The average molecular weight is 586 g/mol. The predicted molar refractivity (Wildman–Crippen MR) is 155 cm³/mol. The van der Waals surface area contributed by atoms with Crippen LogP contribution in [0.25, 0.3) is 10.9 Å². The average Bonchev–Trinajstić information content (AvgIpc) is 3.20. The number of nitrogens with two attached hydrogens (primary N) is 1. The normalized spacial score (nSPS) is 11.4. The van der Waals surface area contributed by atoms with E-state index in [2.05, 4.69) is 14.7 Å². The maximum atomic E-state index is 11.5. The Morgan fingerprint density at radius 1 is 1.15 bits per heavy atom. The largest absolute Gasteiger partial charge is 0.494 e. The molecule has 0 saturated carbocycles. The van der Waals surface area contributed by atoms with E-state index < -0.39 is 21.9 Å². The molecule has 0 saturated heterocycles. The van der Waals surface area contributed by atoms with Crippen molar-refractivity contribution < 1.29 is 27.9 Å². The summed E-state index contributed by atoms with van der Waals surface area (Å²) in [5.41, 5.74) is 7.36. The number of aromatic carboxylic acids is 1. The van der Waals surface area contributed by atoms with Crippen LogP contribution in [-0.2, 0) is 22.5 Å². The molecule has 0 aliphatic heterocycles. The Morgan fingerprint density at radius 2 is 1.85 bits per heavy atom. The second kappa shape index (κ2) is 12.0. The second-order valence-corrected chi connectivity index (χ2v) is 12.6. The second-order valence-electron chi connectivity index (χ2n) is 9.83. The van der Waals surface area contributed by atoms with Gasteiger partial charge in [0.15, 0.2) is 5.75 Å². The monoisotopic (exact) mass is 585 g/mol. The van der Waals surface area contributed by atoms with Crippen LogP contribution in [0.5, 0.6) is 5.75 Å². The van der Waals surface area contributed by atoms with Gasteiger partial charge in [0.25, 0.3) is 5.91 Å². The lowest BCUT2D eigenvalue weighted by Crippen LogP contribution is -2.19. The Bertz CT molecular complexity index is 1660. The number of carboxylic acid groups (broad SMARTS) is 1. The molecule has 0 atom stereocenters. The lowest BCUT2D eigenvalue weighted by Gasteiger charge is -2.23. The predicted octanol–water partition coefficient (Wildman–Crippen LogP) is 4.28. The van der Waals surface area contributed by atoms with Crippen LogP contribution < -0.4 is 15.2 Å². The number of aromatic nitrogens is 3. The molecule has 0 aliphatic carbocycles. The lowest BCUT2D eigenvalue weighted by molar-refractivity contribution is 0.0686. The van der Waals surface area contributed by atoms with Gasteiger partial charge < -0.3 is 20.1 Å². The van der Waals surface area contributed by atoms with Gasteiger partial charge in [-0.25, -0.2) is 23.2 Å². The molecule has 0 unspecified atom stereocenters. The first kappa shape index (κ1) is 30.4. The summed E-state index contributed by atoms with van der Waals surface area (Å²) < 4.78 is 32.0. The number of primary amides is 1. The number of methoxy groups -OCH3 is 1. The van der Waals surface area contributed by atoms with Crippen molar-refractivity contribution in [2.75, 3.05) is 18.1 Å². The number of carboxylic acids is 1. The highest BCUT2D eigenvalue weighted by molar-refractivity contribution is 7.99. The number of benzene rings is 2. The zero-order valence-electron chi connectivity index (χ0n) is 22.9. The number of sulfonamides is 1. The van der Waals surface area contributed by atoms with Gasteiger partial charge in [-0.15, -0.1) is 0 Å². The van der Waals surface area contributed by atoms with E-state index in [1.807, 2.05) is 45.0 Å². The standard InChI is InChI=1S/C14H11N3O2S.C13H20N2O4S/c1-17-10(14(18)19)7-9-3-2-4-11(13(9)17)20-12-5-6-15-8-16-12;1-13(2,3)8-6-9(12(14)16)11(19-4)10(7-8)15-20(5,17)18/h2-8H,1H3,(H,18,19);6-7,15H,1-5H3,(H2,14,16). The number of hydrogen-bond acceptors (Lipinski definition) is 8. The van der Waals surface area contributed by atoms with Crippen LogP contribution in [0.2, 0.25) is 0 Å². The van der Waals surface area contributed by atoms with Gasteiger partial charge in [-0.2, -0.15) is 0 Å². The third-order valence-corrected chi connectivity index (χ3v) is 7.32. The molecule has 4 rings (SSSR count). The third kappa shape index (κ3) is 7.30. The molecule has 2 aromatic heterocycles. The van der Waals surface area contributed by atoms with E-state index in [1.54, 1.807) is 36.0 Å². The number of ether oxygens (including phenoxy) is 1. The molecule has 13 heteroatoms. The van der Waals surface area contributed by atoms with Crippen molar-refractivity contribution in [2.45, 2.75) is 36.1 Å². The number of anilines is 1. The van der Waals surface area contributed by atoms with Crippen LogP contribution in [0.3, 0.4) is 0 Å². The third-order valence-electron chi connectivity index (χ3n) is 5.73. The van der Waals surface area contributed by atoms with Crippen molar-refractivity contribution in [1.82, 2.24) is 14.5 Å². The van der Waals surface area contributed by atoms with Crippen LogP contribution >= 0.6 is 11.8 Å². The molecule has 40 heavy (non-hydrogen) atoms. The van der Waals surface area contributed by atoms with Crippen molar-refractivity contribution in [2.24, 2.45) is 12.8 Å². The van der Waals surface area contributed by atoms with Gasteiger partial charge in [0.1, 0.15) is 17.0 Å². The molecular formula is C27H31N5O6S2. The fourth-order valence-corrected chi connectivity index (χ4v) is 5.36. The highest BCUT2D eigenvalue weighted by Gasteiger charge is 2.23. The highest BCUT2D eigenvalue weighted by atomic mass is 32.2. The number of amides is 1. The van der Waals surface area contributed by atoms with Crippen molar-refractivity contribution in [3.05, 3.63) is 71.8 Å². The maximum Gasteiger partial charge on any atom is 0.352 e. The quantitative estimate of drug-likeness (QED) is 0.268. The Labute approximate surface area is 236 Å². The molecule has 4 N–H and O–H groups in total. The number of fused-ring (bicyclic) bond motifs is 1. The molecule has 2 heterocycles. The highest BCUT2D eigenvalue weighted by Crippen LogP contribution is 2.36. The fourth-order valence-electron chi connectivity index (χ4n) is 3.86. The number of nitrogens with one attached hydrogen (secondary N) is 1. The van der Waals surface area contributed by atoms with Crippen molar-refractivity contribution in [3.63, 3.8) is 0 Å².